The number of rotatable bonds is 4. The van der Waals surface area contributed by atoms with Crippen molar-refractivity contribution in [2.75, 3.05) is 26.0 Å². The fraction of sp³-hybridized carbons (Fsp3) is 0.286. The van der Waals surface area contributed by atoms with Gasteiger partial charge in [-0.15, -0.1) is 11.3 Å². The number of anilines is 1. The standard InChI is InChI=1S/C14H17N3OS/c1-16(2)12-6-4-11(5-7-12)8-17(3)14(18)13-9-19-10-15-13/h4-7,9-10H,8H2,1-3H3. The predicted molar refractivity (Wildman–Crippen MR) is 78.7 cm³/mol. The van der Waals surface area contributed by atoms with Crippen molar-refractivity contribution < 1.29 is 4.79 Å². The first-order valence-electron chi connectivity index (χ1n) is 5.98. The first-order valence-corrected chi connectivity index (χ1v) is 6.92. The molecule has 0 saturated heterocycles. The van der Waals surface area contributed by atoms with E-state index in [-0.39, 0.29) is 5.91 Å². The van der Waals surface area contributed by atoms with Crippen LogP contribution < -0.4 is 4.90 Å². The van der Waals surface area contributed by atoms with Crippen LogP contribution in [0.2, 0.25) is 0 Å². The third-order valence-electron chi connectivity index (χ3n) is 2.87. The molecule has 1 aromatic heterocycles. The second kappa shape index (κ2) is 5.84. The summed E-state index contributed by atoms with van der Waals surface area (Å²) in [6.07, 6.45) is 0. The van der Waals surface area contributed by atoms with Gasteiger partial charge in [-0.2, -0.15) is 0 Å². The fourth-order valence-corrected chi connectivity index (χ4v) is 2.28. The predicted octanol–water partition coefficient (Wildman–Crippen LogP) is 2.48. The van der Waals surface area contributed by atoms with Crippen molar-refractivity contribution in [2.45, 2.75) is 6.54 Å². The molecular formula is C14H17N3OS. The summed E-state index contributed by atoms with van der Waals surface area (Å²) in [5, 5.41) is 1.77. The third-order valence-corrected chi connectivity index (χ3v) is 3.46. The minimum absolute atomic E-state index is 0.0436. The number of benzene rings is 1. The Bertz CT molecular complexity index is 534. The summed E-state index contributed by atoms with van der Waals surface area (Å²) in [5.74, 6) is -0.0436. The van der Waals surface area contributed by atoms with Crippen LogP contribution in [0.3, 0.4) is 0 Å². The van der Waals surface area contributed by atoms with Crippen molar-refractivity contribution in [3.8, 4) is 0 Å². The van der Waals surface area contributed by atoms with E-state index in [1.807, 2.05) is 31.1 Å². The molecule has 2 rings (SSSR count). The van der Waals surface area contributed by atoms with Crippen LogP contribution in [0.4, 0.5) is 5.69 Å². The van der Waals surface area contributed by atoms with E-state index >= 15 is 0 Å². The van der Waals surface area contributed by atoms with E-state index in [9.17, 15) is 4.79 Å². The lowest BCUT2D eigenvalue weighted by Crippen LogP contribution is -2.26. The molecule has 0 aliphatic rings. The number of aromatic nitrogens is 1. The molecule has 100 valence electrons. The fourth-order valence-electron chi connectivity index (χ4n) is 1.76. The lowest BCUT2D eigenvalue weighted by molar-refractivity contribution is 0.0780. The second-order valence-corrected chi connectivity index (χ2v) is 5.31. The number of hydrogen-bond acceptors (Lipinski definition) is 4. The van der Waals surface area contributed by atoms with Gasteiger partial charge in [-0.05, 0) is 17.7 Å². The zero-order chi connectivity index (χ0) is 13.8. The van der Waals surface area contributed by atoms with Crippen LogP contribution in [0, 0.1) is 0 Å². The van der Waals surface area contributed by atoms with Crippen LogP contribution in [-0.2, 0) is 6.54 Å². The van der Waals surface area contributed by atoms with E-state index < -0.39 is 0 Å². The van der Waals surface area contributed by atoms with Gasteiger partial charge in [0.2, 0.25) is 0 Å². The van der Waals surface area contributed by atoms with Gasteiger partial charge in [-0.25, -0.2) is 4.98 Å². The summed E-state index contributed by atoms with van der Waals surface area (Å²) >= 11 is 1.43. The first-order chi connectivity index (χ1) is 9.08. The van der Waals surface area contributed by atoms with E-state index in [1.165, 1.54) is 11.3 Å². The largest absolute Gasteiger partial charge is 0.378 e. The van der Waals surface area contributed by atoms with Crippen molar-refractivity contribution in [1.82, 2.24) is 9.88 Å². The molecule has 0 N–H and O–H groups in total. The van der Waals surface area contributed by atoms with Crippen LogP contribution >= 0.6 is 11.3 Å². The summed E-state index contributed by atoms with van der Waals surface area (Å²) < 4.78 is 0. The van der Waals surface area contributed by atoms with Crippen molar-refractivity contribution in [3.05, 3.63) is 46.4 Å². The van der Waals surface area contributed by atoms with Crippen molar-refractivity contribution in [2.24, 2.45) is 0 Å². The highest BCUT2D eigenvalue weighted by molar-refractivity contribution is 7.07. The van der Waals surface area contributed by atoms with Crippen LogP contribution in [0.25, 0.3) is 0 Å². The maximum Gasteiger partial charge on any atom is 0.273 e. The number of carbonyl (C=O) groups is 1. The summed E-state index contributed by atoms with van der Waals surface area (Å²) in [6.45, 7) is 0.587. The SMILES string of the molecule is CN(Cc1ccc(N(C)C)cc1)C(=O)c1cscn1. The number of amides is 1. The topological polar surface area (TPSA) is 36.4 Å². The van der Waals surface area contributed by atoms with Crippen LogP contribution in [-0.4, -0.2) is 36.9 Å². The quantitative estimate of drug-likeness (QED) is 0.860. The Kier molecular flexibility index (Phi) is 4.16. The van der Waals surface area contributed by atoms with Gasteiger partial charge in [0.1, 0.15) is 5.69 Å². The summed E-state index contributed by atoms with van der Waals surface area (Å²) in [5.41, 5.74) is 4.44. The molecule has 0 saturated carbocycles. The Balaban J connectivity index is 2.02. The van der Waals surface area contributed by atoms with Crippen LogP contribution in [0.15, 0.2) is 35.2 Å². The molecular weight excluding hydrogens is 258 g/mol. The molecule has 5 heteroatoms. The maximum absolute atomic E-state index is 12.0. The van der Waals surface area contributed by atoms with Gasteiger partial charge in [-0.1, -0.05) is 12.1 Å². The Labute approximate surface area is 117 Å². The number of nitrogens with zero attached hydrogens (tertiary/aromatic N) is 3. The Morgan fingerprint density at radius 3 is 2.42 bits per heavy atom. The summed E-state index contributed by atoms with van der Waals surface area (Å²) in [7, 11) is 5.81. The molecule has 2 aromatic rings. The van der Waals surface area contributed by atoms with Crippen LogP contribution in [0.1, 0.15) is 16.1 Å². The summed E-state index contributed by atoms with van der Waals surface area (Å²) in [4.78, 5) is 19.8. The van der Waals surface area contributed by atoms with E-state index in [2.05, 4.69) is 17.1 Å². The summed E-state index contributed by atoms with van der Waals surface area (Å²) in [6, 6.07) is 8.19. The lowest BCUT2D eigenvalue weighted by atomic mass is 10.2. The van der Waals surface area contributed by atoms with Gasteiger partial charge in [0.25, 0.3) is 5.91 Å². The molecule has 0 aliphatic carbocycles. The number of carbonyl (C=O) groups excluding carboxylic acids is 1. The minimum Gasteiger partial charge on any atom is -0.378 e. The van der Waals surface area contributed by atoms with Crippen molar-refractivity contribution >= 4 is 22.9 Å². The zero-order valence-electron chi connectivity index (χ0n) is 11.3. The van der Waals surface area contributed by atoms with Gasteiger partial charge < -0.3 is 9.80 Å². The van der Waals surface area contributed by atoms with E-state index in [4.69, 9.17) is 0 Å². The zero-order valence-corrected chi connectivity index (χ0v) is 12.1. The monoisotopic (exact) mass is 275 g/mol. The highest BCUT2D eigenvalue weighted by atomic mass is 32.1. The molecule has 1 amide bonds. The highest BCUT2D eigenvalue weighted by Gasteiger charge is 2.13. The molecule has 0 spiro atoms. The number of hydrogen-bond donors (Lipinski definition) is 0. The molecule has 0 bridgehead atoms. The van der Waals surface area contributed by atoms with Gasteiger partial charge in [0.15, 0.2) is 0 Å². The molecule has 0 aliphatic heterocycles. The van der Waals surface area contributed by atoms with E-state index in [0.717, 1.165) is 11.3 Å². The van der Waals surface area contributed by atoms with Crippen molar-refractivity contribution in [3.63, 3.8) is 0 Å². The van der Waals surface area contributed by atoms with E-state index in [1.54, 1.807) is 22.8 Å². The first kappa shape index (κ1) is 13.5. The Morgan fingerprint density at radius 1 is 1.21 bits per heavy atom. The normalized spacial score (nSPS) is 10.3. The Hall–Kier alpha value is -1.88. The third kappa shape index (κ3) is 3.32. The van der Waals surface area contributed by atoms with Gasteiger partial charge in [0.05, 0.1) is 5.51 Å². The van der Waals surface area contributed by atoms with Crippen LogP contribution in [0.5, 0.6) is 0 Å². The molecule has 0 atom stereocenters. The van der Waals surface area contributed by atoms with Crippen molar-refractivity contribution in [1.29, 1.82) is 0 Å². The average Bonchev–Trinajstić information content (AvgIpc) is 2.92. The lowest BCUT2D eigenvalue weighted by Gasteiger charge is -2.17. The smallest absolute Gasteiger partial charge is 0.273 e. The molecule has 19 heavy (non-hydrogen) atoms. The van der Waals surface area contributed by atoms with E-state index in [0.29, 0.717) is 12.2 Å². The average molecular weight is 275 g/mol. The molecule has 1 heterocycles. The van der Waals surface area contributed by atoms with Gasteiger partial charge >= 0.3 is 0 Å². The molecule has 1 aromatic carbocycles. The molecule has 4 nitrogen and oxygen atoms in total. The molecule has 0 unspecified atom stereocenters. The van der Waals surface area contributed by atoms with Gasteiger partial charge in [-0.3, -0.25) is 4.79 Å². The maximum atomic E-state index is 12.0. The molecule has 0 radical (unpaired) electrons. The van der Waals surface area contributed by atoms with Gasteiger partial charge in [0, 0.05) is 38.8 Å². The second-order valence-electron chi connectivity index (χ2n) is 4.60. The molecule has 0 fully saturated rings. The number of thiazole rings is 1. The Morgan fingerprint density at radius 2 is 1.89 bits per heavy atom. The highest BCUT2D eigenvalue weighted by Crippen LogP contribution is 2.14. The minimum atomic E-state index is -0.0436.